The van der Waals surface area contributed by atoms with E-state index in [1.807, 2.05) is 0 Å². The number of carbonyl (C=O) groups is 1. The second kappa shape index (κ2) is 12.0. The molecular weight excluding hydrogens is 541 g/mol. The van der Waals surface area contributed by atoms with Crippen LogP contribution in [0.25, 0.3) is 0 Å². The van der Waals surface area contributed by atoms with Crippen LogP contribution in [0.15, 0.2) is 79.1 Å². The molecule has 212 valence electrons. The summed E-state index contributed by atoms with van der Waals surface area (Å²) in [6.45, 7) is 1.40. The Balaban J connectivity index is 1.20. The van der Waals surface area contributed by atoms with Gasteiger partial charge in [0.1, 0.15) is 23.6 Å². The number of hydrogen-bond donors (Lipinski definition) is 4. The molecule has 41 heavy (non-hydrogen) atoms. The van der Waals surface area contributed by atoms with Gasteiger partial charge >= 0.3 is 12.2 Å². The lowest BCUT2D eigenvalue weighted by atomic mass is 10.1. The zero-order valence-corrected chi connectivity index (χ0v) is 21.5. The maximum absolute atomic E-state index is 13.8. The molecule has 0 saturated carbocycles. The molecule has 3 aromatic carbocycles. The molecule has 1 aliphatic rings. The Labute approximate surface area is 232 Å². The Morgan fingerprint density at radius 2 is 1.63 bits per heavy atom. The van der Waals surface area contributed by atoms with Crippen LogP contribution in [0.1, 0.15) is 5.56 Å². The molecule has 0 unspecified atom stereocenters. The fourth-order valence-electron chi connectivity index (χ4n) is 4.14. The molecule has 4 aromatic rings. The number of ether oxygens (including phenoxy) is 2. The van der Waals surface area contributed by atoms with E-state index in [0.717, 1.165) is 6.07 Å². The molecule has 10 nitrogen and oxygen atoms in total. The molecule has 0 spiro atoms. The first-order valence-corrected chi connectivity index (χ1v) is 12.5. The van der Waals surface area contributed by atoms with Crippen molar-refractivity contribution in [2.75, 3.05) is 47.2 Å². The number of phenols is 1. The summed E-state index contributed by atoms with van der Waals surface area (Å²) in [7, 11) is 0. The summed E-state index contributed by atoms with van der Waals surface area (Å²) in [6.07, 6.45) is -3.28. The van der Waals surface area contributed by atoms with E-state index in [4.69, 9.17) is 9.47 Å². The highest BCUT2D eigenvalue weighted by Crippen LogP contribution is 2.38. The Hall–Kier alpha value is -5.04. The fourth-order valence-corrected chi connectivity index (χ4v) is 4.14. The van der Waals surface area contributed by atoms with Gasteiger partial charge in [0.2, 0.25) is 5.88 Å². The van der Waals surface area contributed by atoms with Crippen molar-refractivity contribution in [3.8, 4) is 17.4 Å². The first-order valence-electron chi connectivity index (χ1n) is 12.5. The van der Waals surface area contributed by atoms with Crippen LogP contribution in [0.4, 0.5) is 46.5 Å². The van der Waals surface area contributed by atoms with Crippen LogP contribution in [0.3, 0.4) is 0 Å². The number of rotatable bonds is 7. The van der Waals surface area contributed by atoms with Crippen LogP contribution < -0.4 is 25.6 Å². The predicted octanol–water partition coefficient (Wildman–Crippen LogP) is 6.22. The summed E-state index contributed by atoms with van der Waals surface area (Å²) >= 11 is 0. The van der Waals surface area contributed by atoms with Gasteiger partial charge < -0.3 is 35.4 Å². The molecule has 4 N–H and O–H groups in total. The molecule has 1 fully saturated rings. The van der Waals surface area contributed by atoms with Crippen molar-refractivity contribution >= 4 is 34.6 Å². The Morgan fingerprint density at radius 3 is 2.37 bits per heavy atom. The minimum absolute atomic E-state index is 0.00526. The number of aromatic hydroxyl groups is 1. The van der Waals surface area contributed by atoms with Crippen LogP contribution in [-0.2, 0) is 10.9 Å². The van der Waals surface area contributed by atoms with Crippen molar-refractivity contribution in [3.05, 3.63) is 84.7 Å². The van der Waals surface area contributed by atoms with E-state index in [0.29, 0.717) is 49.2 Å². The highest BCUT2D eigenvalue weighted by molar-refractivity contribution is 6.00. The number of nitrogens with zero attached hydrogens (tertiary/aromatic N) is 3. The lowest BCUT2D eigenvalue weighted by Crippen LogP contribution is -2.37. The van der Waals surface area contributed by atoms with E-state index in [1.54, 1.807) is 59.5 Å². The van der Waals surface area contributed by atoms with Crippen molar-refractivity contribution in [2.45, 2.75) is 6.18 Å². The summed E-state index contributed by atoms with van der Waals surface area (Å²) in [5.74, 6) is 1.23. The molecule has 0 radical (unpaired) electrons. The average molecular weight is 567 g/mol. The topological polar surface area (TPSA) is 121 Å². The third-order valence-corrected chi connectivity index (χ3v) is 6.01. The number of alkyl halides is 3. The standard InChI is InChI=1S/C28H25F3N6O4/c29-28(30,31)23-15-20(6-9-24(23)37-10-12-40-13-11-37)36-27(39)35-18-4-7-22(8-5-18)41-26-16-25(32-17-33-26)34-19-2-1-3-21(38)14-19/h1-9,14-17,38H,10-13H2,(H,32,33,34)(H2,35,36,39). The van der Waals surface area contributed by atoms with E-state index < -0.39 is 17.8 Å². The van der Waals surface area contributed by atoms with E-state index in [-0.39, 0.29) is 23.0 Å². The fraction of sp³-hybridized carbons (Fsp3) is 0.179. The minimum Gasteiger partial charge on any atom is -0.508 e. The third kappa shape index (κ3) is 7.33. The van der Waals surface area contributed by atoms with Gasteiger partial charge in [-0.15, -0.1) is 0 Å². The number of anilines is 5. The maximum Gasteiger partial charge on any atom is 0.418 e. The van der Waals surface area contributed by atoms with Crippen LogP contribution in [-0.4, -0.2) is 47.4 Å². The number of hydrogen-bond acceptors (Lipinski definition) is 8. The van der Waals surface area contributed by atoms with Gasteiger partial charge in [0.05, 0.1) is 18.8 Å². The molecule has 0 bridgehead atoms. The Morgan fingerprint density at radius 1 is 0.902 bits per heavy atom. The number of phenolic OH excluding ortho intramolecular Hbond substituents is 1. The van der Waals surface area contributed by atoms with Crippen molar-refractivity contribution in [2.24, 2.45) is 0 Å². The summed E-state index contributed by atoms with van der Waals surface area (Å²) < 4.78 is 52.3. The van der Waals surface area contributed by atoms with E-state index in [9.17, 15) is 23.1 Å². The van der Waals surface area contributed by atoms with Crippen molar-refractivity contribution < 1.29 is 32.5 Å². The molecule has 0 atom stereocenters. The van der Waals surface area contributed by atoms with Gasteiger partial charge in [0.25, 0.3) is 0 Å². The minimum atomic E-state index is -4.59. The molecule has 2 heterocycles. The highest BCUT2D eigenvalue weighted by Gasteiger charge is 2.35. The maximum atomic E-state index is 13.8. The summed E-state index contributed by atoms with van der Waals surface area (Å²) in [5, 5.41) is 17.7. The van der Waals surface area contributed by atoms with Crippen molar-refractivity contribution in [3.63, 3.8) is 0 Å². The monoisotopic (exact) mass is 566 g/mol. The van der Waals surface area contributed by atoms with Gasteiger partial charge in [-0.3, -0.25) is 0 Å². The van der Waals surface area contributed by atoms with Crippen LogP contribution in [0.2, 0.25) is 0 Å². The van der Waals surface area contributed by atoms with E-state index >= 15 is 0 Å². The number of morpholine rings is 1. The molecule has 0 aliphatic carbocycles. The number of nitrogens with one attached hydrogen (secondary N) is 3. The first kappa shape index (κ1) is 27.5. The normalized spacial score (nSPS) is 13.4. The molecule has 13 heteroatoms. The molecule has 5 rings (SSSR count). The molecule has 1 saturated heterocycles. The predicted molar refractivity (Wildman–Crippen MR) is 147 cm³/mol. The Bertz CT molecular complexity index is 1510. The van der Waals surface area contributed by atoms with Gasteiger partial charge in [-0.05, 0) is 54.6 Å². The lowest BCUT2D eigenvalue weighted by Gasteiger charge is -2.31. The zero-order chi connectivity index (χ0) is 28.8. The quantitative estimate of drug-likeness (QED) is 0.208. The molecule has 2 amide bonds. The molecule has 1 aromatic heterocycles. The molecule has 1 aliphatic heterocycles. The second-order valence-electron chi connectivity index (χ2n) is 8.95. The first-order chi connectivity index (χ1) is 19.7. The highest BCUT2D eigenvalue weighted by atomic mass is 19.4. The smallest absolute Gasteiger partial charge is 0.418 e. The largest absolute Gasteiger partial charge is 0.508 e. The number of benzene rings is 3. The number of urea groups is 1. The van der Waals surface area contributed by atoms with Crippen molar-refractivity contribution in [1.82, 2.24) is 9.97 Å². The zero-order valence-electron chi connectivity index (χ0n) is 21.5. The molecular formula is C28H25F3N6O4. The van der Waals surface area contributed by atoms with Gasteiger partial charge in [0.15, 0.2) is 0 Å². The number of amides is 2. The Kier molecular flexibility index (Phi) is 8.06. The van der Waals surface area contributed by atoms with E-state index in [1.165, 1.54) is 18.5 Å². The second-order valence-corrected chi connectivity index (χ2v) is 8.95. The van der Waals surface area contributed by atoms with Gasteiger partial charge in [0, 0.05) is 48.0 Å². The van der Waals surface area contributed by atoms with E-state index in [2.05, 4.69) is 25.9 Å². The van der Waals surface area contributed by atoms with Crippen LogP contribution in [0.5, 0.6) is 17.4 Å². The van der Waals surface area contributed by atoms with Crippen LogP contribution >= 0.6 is 0 Å². The average Bonchev–Trinajstić information content (AvgIpc) is 2.94. The van der Waals surface area contributed by atoms with Gasteiger partial charge in [-0.25, -0.2) is 14.8 Å². The number of aromatic nitrogens is 2. The van der Waals surface area contributed by atoms with Gasteiger partial charge in [-0.2, -0.15) is 13.2 Å². The van der Waals surface area contributed by atoms with Gasteiger partial charge in [-0.1, -0.05) is 6.07 Å². The summed E-state index contributed by atoms with van der Waals surface area (Å²) in [4.78, 5) is 22.3. The third-order valence-electron chi connectivity index (χ3n) is 6.01. The SMILES string of the molecule is O=C(Nc1ccc(Oc2cc(Nc3cccc(O)c3)ncn2)cc1)Nc1ccc(N2CCOCC2)c(C(F)(F)F)c1. The summed E-state index contributed by atoms with van der Waals surface area (Å²) in [6, 6.07) is 17.5. The summed E-state index contributed by atoms with van der Waals surface area (Å²) in [5.41, 5.74) is 0.249. The number of carbonyl (C=O) groups excluding carboxylic acids is 1. The number of halogens is 3. The lowest BCUT2D eigenvalue weighted by molar-refractivity contribution is -0.137. The van der Waals surface area contributed by atoms with Crippen LogP contribution in [0, 0.1) is 0 Å². The van der Waals surface area contributed by atoms with Crippen molar-refractivity contribution in [1.29, 1.82) is 0 Å².